The van der Waals surface area contributed by atoms with Gasteiger partial charge in [-0.05, 0) is 31.0 Å². The Labute approximate surface area is 105 Å². The minimum Gasteiger partial charge on any atom is -0.337 e. The molecule has 1 aromatic rings. The SMILES string of the molecule is CN1C(=O)CCCC(N)C1c1cc(F)ccc1F. The second kappa shape index (κ2) is 5.02. The predicted molar refractivity (Wildman–Crippen MR) is 63.7 cm³/mol. The van der Waals surface area contributed by atoms with Crippen molar-refractivity contribution in [2.75, 3.05) is 7.05 Å². The van der Waals surface area contributed by atoms with Crippen LogP contribution in [-0.4, -0.2) is 23.9 Å². The smallest absolute Gasteiger partial charge is 0.222 e. The Balaban J connectivity index is 2.44. The maximum Gasteiger partial charge on any atom is 0.222 e. The number of carbonyl (C=O) groups is 1. The molecule has 0 saturated carbocycles. The Morgan fingerprint density at radius 1 is 1.39 bits per heavy atom. The number of likely N-dealkylation sites (tertiary alicyclic amines) is 1. The first kappa shape index (κ1) is 13.0. The average molecular weight is 254 g/mol. The fourth-order valence-electron chi connectivity index (χ4n) is 2.45. The van der Waals surface area contributed by atoms with Crippen LogP contribution in [-0.2, 0) is 4.79 Å². The number of nitrogens with zero attached hydrogens (tertiary/aromatic N) is 1. The summed E-state index contributed by atoms with van der Waals surface area (Å²) in [5.74, 6) is -1.14. The van der Waals surface area contributed by atoms with E-state index in [0.717, 1.165) is 18.2 Å². The molecule has 1 aliphatic rings. The third-order valence-electron chi connectivity index (χ3n) is 3.42. The number of benzene rings is 1. The summed E-state index contributed by atoms with van der Waals surface area (Å²) in [7, 11) is 1.59. The average Bonchev–Trinajstić information content (AvgIpc) is 2.44. The third kappa shape index (κ3) is 2.36. The van der Waals surface area contributed by atoms with E-state index in [-0.39, 0.29) is 17.5 Å². The van der Waals surface area contributed by atoms with E-state index in [1.54, 1.807) is 7.05 Å². The maximum atomic E-state index is 13.8. The molecular weight excluding hydrogens is 238 g/mol. The molecule has 2 atom stereocenters. The highest BCUT2D eigenvalue weighted by Gasteiger charge is 2.32. The minimum absolute atomic E-state index is 0.0865. The second-order valence-electron chi connectivity index (χ2n) is 4.67. The molecule has 1 fully saturated rings. The lowest BCUT2D eigenvalue weighted by Crippen LogP contribution is -2.40. The number of halogens is 2. The molecule has 1 heterocycles. The molecule has 1 saturated heterocycles. The molecule has 0 bridgehead atoms. The summed E-state index contributed by atoms with van der Waals surface area (Å²) in [6.07, 6.45) is 1.70. The fourth-order valence-corrected chi connectivity index (χ4v) is 2.45. The molecule has 3 nitrogen and oxygen atoms in total. The lowest BCUT2D eigenvalue weighted by molar-refractivity contribution is -0.131. The predicted octanol–water partition coefficient (Wildman–Crippen LogP) is 1.98. The first-order valence-corrected chi connectivity index (χ1v) is 5.97. The van der Waals surface area contributed by atoms with Crippen molar-refractivity contribution >= 4 is 5.91 Å². The molecule has 1 aliphatic heterocycles. The maximum absolute atomic E-state index is 13.8. The zero-order chi connectivity index (χ0) is 13.3. The number of likely N-dealkylation sites (N-methyl/N-ethyl adjacent to an activating group) is 1. The van der Waals surface area contributed by atoms with Crippen molar-refractivity contribution < 1.29 is 13.6 Å². The Morgan fingerprint density at radius 2 is 2.11 bits per heavy atom. The van der Waals surface area contributed by atoms with Crippen molar-refractivity contribution in [2.24, 2.45) is 5.73 Å². The van der Waals surface area contributed by atoms with Gasteiger partial charge in [0.25, 0.3) is 0 Å². The number of carbonyl (C=O) groups excluding carboxylic acids is 1. The van der Waals surface area contributed by atoms with E-state index in [1.165, 1.54) is 4.90 Å². The van der Waals surface area contributed by atoms with Crippen LogP contribution in [0.25, 0.3) is 0 Å². The molecule has 0 aromatic heterocycles. The number of amides is 1. The molecule has 5 heteroatoms. The normalized spacial score (nSPS) is 25.1. The van der Waals surface area contributed by atoms with Gasteiger partial charge in [-0.25, -0.2) is 8.78 Å². The van der Waals surface area contributed by atoms with Gasteiger partial charge in [0.1, 0.15) is 11.6 Å². The number of hydrogen-bond donors (Lipinski definition) is 1. The molecule has 18 heavy (non-hydrogen) atoms. The largest absolute Gasteiger partial charge is 0.337 e. The van der Waals surface area contributed by atoms with Crippen LogP contribution in [0.3, 0.4) is 0 Å². The van der Waals surface area contributed by atoms with Crippen molar-refractivity contribution in [3.8, 4) is 0 Å². The number of rotatable bonds is 1. The van der Waals surface area contributed by atoms with Gasteiger partial charge in [-0.2, -0.15) is 0 Å². The van der Waals surface area contributed by atoms with Gasteiger partial charge in [-0.15, -0.1) is 0 Å². The summed E-state index contributed by atoms with van der Waals surface area (Å²) in [5, 5.41) is 0. The van der Waals surface area contributed by atoms with Crippen molar-refractivity contribution in [2.45, 2.75) is 31.3 Å². The molecule has 1 aromatic carbocycles. The summed E-state index contributed by atoms with van der Waals surface area (Å²) >= 11 is 0. The van der Waals surface area contributed by atoms with E-state index >= 15 is 0 Å². The Morgan fingerprint density at radius 3 is 2.83 bits per heavy atom. The molecular formula is C13H16F2N2O. The highest BCUT2D eigenvalue weighted by molar-refractivity contribution is 5.76. The van der Waals surface area contributed by atoms with Crippen LogP contribution in [0.1, 0.15) is 30.9 Å². The van der Waals surface area contributed by atoms with E-state index in [4.69, 9.17) is 5.73 Å². The van der Waals surface area contributed by atoms with E-state index in [9.17, 15) is 13.6 Å². The van der Waals surface area contributed by atoms with Crippen molar-refractivity contribution in [3.63, 3.8) is 0 Å². The van der Waals surface area contributed by atoms with Crippen LogP contribution in [0.5, 0.6) is 0 Å². The monoisotopic (exact) mass is 254 g/mol. The zero-order valence-corrected chi connectivity index (χ0v) is 10.2. The molecule has 0 radical (unpaired) electrons. The summed E-state index contributed by atoms with van der Waals surface area (Å²) in [6, 6.07) is 2.27. The van der Waals surface area contributed by atoms with E-state index in [1.807, 2.05) is 0 Å². The Bertz CT molecular complexity index is 464. The van der Waals surface area contributed by atoms with Gasteiger partial charge in [0.05, 0.1) is 6.04 Å². The summed E-state index contributed by atoms with van der Waals surface area (Å²) in [6.45, 7) is 0. The van der Waals surface area contributed by atoms with Gasteiger partial charge in [-0.1, -0.05) is 0 Å². The molecule has 0 spiro atoms. The lowest BCUT2D eigenvalue weighted by atomic mass is 9.96. The van der Waals surface area contributed by atoms with Gasteiger partial charge >= 0.3 is 0 Å². The van der Waals surface area contributed by atoms with Gasteiger partial charge in [0, 0.05) is 25.1 Å². The first-order valence-electron chi connectivity index (χ1n) is 5.97. The van der Waals surface area contributed by atoms with Gasteiger partial charge in [-0.3, -0.25) is 4.79 Å². The topological polar surface area (TPSA) is 46.3 Å². The Hall–Kier alpha value is -1.49. The lowest BCUT2D eigenvalue weighted by Gasteiger charge is -2.31. The van der Waals surface area contributed by atoms with Crippen LogP contribution in [0.4, 0.5) is 8.78 Å². The van der Waals surface area contributed by atoms with Gasteiger partial charge in [0.15, 0.2) is 0 Å². The van der Waals surface area contributed by atoms with Crippen LogP contribution in [0.15, 0.2) is 18.2 Å². The number of nitrogens with two attached hydrogens (primary N) is 1. The second-order valence-corrected chi connectivity index (χ2v) is 4.67. The molecule has 2 N–H and O–H groups in total. The highest BCUT2D eigenvalue weighted by Crippen LogP contribution is 2.30. The van der Waals surface area contributed by atoms with E-state index in [2.05, 4.69) is 0 Å². The molecule has 98 valence electrons. The van der Waals surface area contributed by atoms with Crippen LogP contribution in [0, 0.1) is 11.6 Å². The summed E-state index contributed by atoms with van der Waals surface area (Å²) < 4.78 is 27.0. The third-order valence-corrected chi connectivity index (χ3v) is 3.42. The van der Waals surface area contributed by atoms with Crippen LogP contribution >= 0.6 is 0 Å². The van der Waals surface area contributed by atoms with Gasteiger partial charge < -0.3 is 10.6 Å². The molecule has 0 aliphatic carbocycles. The Kier molecular flexibility index (Phi) is 3.61. The zero-order valence-electron chi connectivity index (χ0n) is 10.2. The molecule has 2 rings (SSSR count). The standard InChI is InChI=1S/C13H16F2N2O/c1-17-12(18)4-2-3-11(16)13(17)9-7-8(14)5-6-10(9)15/h5-7,11,13H,2-4,16H2,1H3. The van der Waals surface area contributed by atoms with Crippen LogP contribution in [0.2, 0.25) is 0 Å². The van der Waals surface area contributed by atoms with Crippen molar-refractivity contribution in [1.82, 2.24) is 4.90 Å². The van der Waals surface area contributed by atoms with Gasteiger partial charge in [0.2, 0.25) is 5.91 Å². The van der Waals surface area contributed by atoms with Crippen molar-refractivity contribution in [3.05, 3.63) is 35.4 Å². The fraction of sp³-hybridized carbons (Fsp3) is 0.462. The minimum atomic E-state index is -0.601. The number of hydrogen-bond acceptors (Lipinski definition) is 2. The summed E-state index contributed by atoms with van der Waals surface area (Å²) in [5.41, 5.74) is 6.15. The first-order chi connectivity index (χ1) is 8.50. The highest BCUT2D eigenvalue weighted by atomic mass is 19.1. The van der Waals surface area contributed by atoms with Crippen LogP contribution < -0.4 is 5.73 Å². The van der Waals surface area contributed by atoms with Crippen molar-refractivity contribution in [1.29, 1.82) is 0 Å². The molecule has 2 unspecified atom stereocenters. The quantitative estimate of drug-likeness (QED) is 0.833. The van der Waals surface area contributed by atoms with E-state index in [0.29, 0.717) is 19.3 Å². The molecule has 1 amide bonds. The summed E-state index contributed by atoms with van der Waals surface area (Å²) in [4.78, 5) is 13.2. The van der Waals surface area contributed by atoms with E-state index < -0.39 is 17.7 Å².